The molecule has 0 heterocycles. The van der Waals surface area contributed by atoms with E-state index in [1.807, 2.05) is 48.5 Å². The fourth-order valence-electron chi connectivity index (χ4n) is 2.04. The number of hydrogen-bond donors (Lipinski definition) is 1. The molecule has 0 aromatic heterocycles. The Morgan fingerprint density at radius 1 is 1.09 bits per heavy atom. The molecule has 0 fully saturated rings. The van der Waals surface area contributed by atoms with Crippen LogP contribution in [0.15, 0.2) is 54.6 Å². The molecule has 0 saturated heterocycles. The van der Waals surface area contributed by atoms with Crippen molar-refractivity contribution < 1.29 is 14.6 Å². The molecule has 4 nitrogen and oxygen atoms in total. The molecule has 0 aliphatic carbocycles. The third-order valence-electron chi connectivity index (χ3n) is 3.22. The van der Waals surface area contributed by atoms with Crippen molar-refractivity contribution in [3.63, 3.8) is 0 Å². The Morgan fingerprint density at radius 3 is 2.26 bits per heavy atom. The van der Waals surface area contributed by atoms with Crippen LogP contribution in [0.2, 0.25) is 0 Å². The zero-order valence-electron chi connectivity index (χ0n) is 12.6. The molecule has 2 aromatic carbocycles. The van der Waals surface area contributed by atoms with Gasteiger partial charge in [0.15, 0.2) is 0 Å². The third-order valence-corrected chi connectivity index (χ3v) is 3.22. The van der Waals surface area contributed by atoms with Crippen molar-refractivity contribution in [1.82, 2.24) is 0 Å². The standard InChI is InChI=1S/C19H17NO3/c20-13-1-2-14-23-18-10-8-17(9-11-18)16-6-3-15(4-7-16)5-12-19(21)22/h3-12H,1-2,14H2,(H,21,22)/b12-5+. The van der Waals surface area contributed by atoms with Gasteiger partial charge in [-0.1, -0.05) is 36.4 Å². The van der Waals surface area contributed by atoms with Gasteiger partial charge in [0.05, 0.1) is 12.7 Å². The topological polar surface area (TPSA) is 70.3 Å². The molecule has 0 spiro atoms. The van der Waals surface area contributed by atoms with Crippen molar-refractivity contribution in [1.29, 1.82) is 5.26 Å². The molecule has 0 atom stereocenters. The van der Waals surface area contributed by atoms with Crippen LogP contribution < -0.4 is 4.74 Å². The highest BCUT2D eigenvalue weighted by molar-refractivity contribution is 5.85. The first-order chi connectivity index (χ1) is 11.2. The van der Waals surface area contributed by atoms with Gasteiger partial charge in [-0.15, -0.1) is 0 Å². The SMILES string of the molecule is N#CCCCOc1ccc(-c2ccc(/C=C/C(=O)O)cc2)cc1. The average Bonchev–Trinajstić information content (AvgIpc) is 2.58. The van der Waals surface area contributed by atoms with E-state index in [2.05, 4.69) is 6.07 Å². The van der Waals surface area contributed by atoms with Gasteiger partial charge in [-0.2, -0.15) is 5.26 Å². The minimum atomic E-state index is -0.959. The first-order valence-corrected chi connectivity index (χ1v) is 7.30. The minimum Gasteiger partial charge on any atom is -0.494 e. The maximum absolute atomic E-state index is 10.5. The van der Waals surface area contributed by atoms with E-state index in [9.17, 15) is 4.79 Å². The Hall–Kier alpha value is -3.06. The van der Waals surface area contributed by atoms with E-state index in [1.54, 1.807) is 6.08 Å². The van der Waals surface area contributed by atoms with E-state index in [1.165, 1.54) is 0 Å². The van der Waals surface area contributed by atoms with Crippen molar-refractivity contribution in [3.8, 4) is 22.9 Å². The number of carboxylic acid groups (broad SMARTS) is 1. The summed E-state index contributed by atoms with van der Waals surface area (Å²) in [5.41, 5.74) is 2.95. The summed E-state index contributed by atoms with van der Waals surface area (Å²) in [4.78, 5) is 10.5. The predicted molar refractivity (Wildman–Crippen MR) is 88.9 cm³/mol. The van der Waals surface area contributed by atoms with Crippen molar-refractivity contribution in [2.75, 3.05) is 6.61 Å². The Balaban J connectivity index is 1.99. The third kappa shape index (κ3) is 5.33. The predicted octanol–water partition coefficient (Wildman–Crippen LogP) is 4.13. The van der Waals surface area contributed by atoms with E-state index in [-0.39, 0.29) is 0 Å². The first-order valence-electron chi connectivity index (χ1n) is 7.30. The van der Waals surface area contributed by atoms with Gasteiger partial charge in [-0.25, -0.2) is 4.79 Å². The lowest BCUT2D eigenvalue weighted by Crippen LogP contribution is -1.96. The Bertz CT molecular complexity index is 710. The van der Waals surface area contributed by atoms with Crippen LogP contribution in [0.1, 0.15) is 18.4 Å². The number of aliphatic carboxylic acids is 1. The highest BCUT2D eigenvalue weighted by Crippen LogP contribution is 2.23. The fraction of sp³-hybridized carbons (Fsp3) is 0.158. The van der Waals surface area contributed by atoms with Gasteiger partial charge in [0.1, 0.15) is 5.75 Å². The molecule has 23 heavy (non-hydrogen) atoms. The van der Waals surface area contributed by atoms with Crippen molar-refractivity contribution in [3.05, 3.63) is 60.2 Å². The number of nitriles is 1. The summed E-state index contributed by atoms with van der Waals surface area (Å²) in [6, 6.07) is 17.5. The lowest BCUT2D eigenvalue weighted by molar-refractivity contribution is -0.131. The van der Waals surface area contributed by atoms with Gasteiger partial charge >= 0.3 is 5.97 Å². The summed E-state index contributed by atoms with van der Waals surface area (Å²) in [6.07, 6.45) is 3.90. The van der Waals surface area contributed by atoms with Crippen molar-refractivity contribution in [2.24, 2.45) is 0 Å². The van der Waals surface area contributed by atoms with Crippen LogP contribution >= 0.6 is 0 Å². The molecule has 1 N–H and O–H groups in total. The van der Waals surface area contributed by atoms with Gasteiger partial charge in [-0.05, 0) is 41.3 Å². The summed E-state index contributed by atoms with van der Waals surface area (Å²) >= 11 is 0. The van der Waals surface area contributed by atoms with Gasteiger partial charge < -0.3 is 9.84 Å². The summed E-state index contributed by atoms with van der Waals surface area (Å²) in [5, 5.41) is 17.1. The Labute approximate surface area is 135 Å². The molecule has 0 radical (unpaired) electrons. The molecule has 0 amide bonds. The van der Waals surface area contributed by atoms with E-state index in [0.717, 1.165) is 34.9 Å². The number of hydrogen-bond acceptors (Lipinski definition) is 3. The van der Waals surface area contributed by atoms with Gasteiger partial charge in [0.25, 0.3) is 0 Å². The second-order valence-corrected chi connectivity index (χ2v) is 4.93. The maximum Gasteiger partial charge on any atom is 0.328 e. The van der Waals surface area contributed by atoms with Crippen LogP contribution in [0.4, 0.5) is 0 Å². The number of benzene rings is 2. The second kappa shape index (κ2) is 8.40. The van der Waals surface area contributed by atoms with Gasteiger partial charge in [0, 0.05) is 12.5 Å². The normalized spacial score (nSPS) is 10.4. The van der Waals surface area contributed by atoms with Crippen LogP contribution in [0.25, 0.3) is 17.2 Å². The van der Waals surface area contributed by atoms with E-state index in [4.69, 9.17) is 15.1 Å². The van der Waals surface area contributed by atoms with Gasteiger partial charge in [0.2, 0.25) is 0 Å². The quantitative estimate of drug-likeness (QED) is 0.616. The summed E-state index contributed by atoms with van der Waals surface area (Å²) in [6.45, 7) is 0.539. The highest BCUT2D eigenvalue weighted by Gasteiger charge is 1.99. The highest BCUT2D eigenvalue weighted by atomic mass is 16.5. The molecular formula is C19H17NO3. The molecule has 2 rings (SSSR count). The smallest absolute Gasteiger partial charge is 0.328 e. The zero-order chi connectivity index (χ0) is 16.5. The lowest BCUT2D eigenvalue weighted by Gasteiger charge is -2.07. The lowest BCUT2D eigenvalue weighted by atomic mass is 10.0. The molecule has 0 aliphatic rings. The largest absolute Gasteiger partial charge is 0.494 e. The van der Waals surface area contributed by atoms with Crippen molar-refractivity contribution >= 4 is 12.0 Å². The van der Waals surface area contributed by atoms with Crippen LogP contribution in [-0.2, 0) is 4.79 Å². The van der Waals surface area contributed by atoms with Gasteiger partial charge in [-0.3, -0.25) is 0 Å². The Morgan fingerprint density at radius 2 is 1.70 bits per heavy atom. The molecule has 0 saturated carbocycles. The molecule has 0 unspecified atom stereocenters. The minimum absolute atomic E-state index is 0.501. The summed E-state index contributed by atoms with van der Waals surface area (Å²) in [5.74, 6) is -0.174. The first kappa shape index (κ1) is 16.3. The number of rotatable bonds is 7. The molecular weight excluding hydrogens is 290 g/mol. The number of nitrogens with zero attached hydrogens (tertiary/aromatic N) is 1. The summed E-state index contributed by atoms with van der Waals surface area (Å²) < 4.78 is 5.56. The van der Waals surface area contributed by atoms with E-state index >= 15 is 0 Å². The van der Waals surface area contributed by atoms with Crippen LogP contribution in [-0.4, -0.2) is 17.7 Å². The van der Waals surface area contributed by atoms with Crippen LogP contribution in [0.5, 0.6) is 5.75 Å². The molecule has 2 aromatic rings. The second-order valence-electron chi connectivity index (χ2n) is 4.93. The molecule has 0 bridgehead atoms. The Kier molecular flexibility index (Phi) is 5.96. The van der Waals surface area contributed by atoms with Crippen LogP contribution in [0, 0.1) is 11.3 Å². The fourth-order valence-corrected chi connectivity index (χ4v) is 2.04. The molecule has 4 heteroatoms. The zero-order valence-corrected chi connectivity index (χ0v) is 12.6. The van der Waals surface area contributed by atoms with E-state index < -0.39 is 5.97 Å². The monoisotopic (exact) mass is 307 g/mol. The maximum atomic E-state index is 10.5. The number of carbonyl (C=O) groups is 1. The van der Waals surface area contributed by atoms with Crippen LogP contribution in [0.3, 0.4) is 0 Å². The number of ether oxygens (including phenoxy) is 1. The number of carboxylic acids is 1. The average molecular weight is 307 g/mol. The number of unbranched alkanes of at least 4 members (excludes halogenated alkanes) is 1. The molecule has 0 aliphatic heterocycles. The van der Waals surface area contributed by atoms with Crippen molar-refractivity contribution in [2.45, 2.75) is 12.8 Å². The van der Waals surface area contributed by atoms with E-state index in [0.29, 0.717) is 13.0 Å². The molecule has 116 valence electrons. The summed E-state index contributed by atoms with van der Waals surface area (Å²) in [7, 11) is 0.